The normalized spacial score (nSPS) is 15.3. The van der Waals surface area contributed by atoms with Crippen LogP contribution < -0.4 is 4.90 Å². The third-order valence-electron chi connectivity index (χ3n) is 4.55. The summed E-state index contributed by atoms with van der Waals surface area (Å²) in [5, 5.41) is 0. The van der Waals surface area contributed by atoms with E-state index in [4.69, 9.17) is 4.74 Å². The predicted molar refractivity (Wildman–Crippen MR) is 96.5 cm³/mol. The predicted octanol–water partition coefficient (Wildman–Crippen LogP) is 3.10. The molecular weight excluding hydrogens is 300 g/mol. The SMILES string of the molecule is COC(=O)c1ccc(CN2CCN(c3ccc(C)cc3)CC2)cc1. The molecule has 0 spiro atoms. The molecule has 24 heavy (non-hydrogen) atoms. The number of ether oxygens (including phenoxy) is 1. The number of hydrogen-bond acceptors (Lipinski definition) is 4. The number of rotatable bonds is 4. The molecule has 2 aromatic rings. The molecular formula is C20H24N2O2. The second-order valence-electron chi connectivity index (χ2n) is 6.29. The Bertz CT molecular complexity index is 672. The highest BCUT2D eigenvalue weighted by Gasteiger charge is 2.17. The molecule has 2 aromatic carbocycles. The van der Waals surface area contributed by atoms with E-state index in [1.165, 1.54) is 23.9 Å². The molecule has 3 rings (SSSR count). The van der Waals surface area contributed by atoms with Gasteiger partial charge in [0.25, 0.3) is 0 Å². The Kier molecular flexibility index (Phi) is 5.16. The lowest BCUT2D eigenvalue weighted by molar-refractivity contribution is 0.0600. The molecule has 0 aliphatic carbocycles. The lowest BCUT2D eigenvalue weighted by Gasteiger charge is -2.36. The van der Waals surface area contributed by atoms with Gasteiger partial charge in [0, 0.05) is 38.4 Å². The van der Waals surface area contributed by atoms with Crippen LogP contribution >= 0.6 is 0 Å². The number of hydrogen-bond donors (Lipinski definition) is 0. The maximum atomic E-state index is 11.5. The Balaban J connectivity index is 1.53. The van der Waals surface area contributed by atoms with Crippen molar-refractivity contribution in [3.05, 3.63) is 65.2 Å². The number of esters is 1. The van der Waals surface area contributed by atoms with Crippen LogP contribution in [0.5, 0.6) is 0 Å². The zero-order chi connectivity index (χ0) is 16.9. The highest BCUT2D eigenvalue weighted by Crippen LogP contribution is 2.18. The molecule has 0 saturated carbocycles. The van der Waals surface area contributed by atoms with Crippen molar-refractivity contribution in [2.75, 3.05) is 38.2 Å². The second-order valence-corrected chi connectivity index (χ2v) is 6.29. The molecule has 0 N–H and O–H groups in total. The summed E-state index contributed by atoms with van der Waals surface area (Å²) < 4.78 is 4.73. The first-order chi connectivity index (χ1) is 11.7. The van der Waals surface area contributed by atoms with Crippen LogP contribution in [-0.2, 0) is 11.3 Å². The standard InChI is InChI=1S/C20H24N2O2/c1-16-3-9-19(10-4-16)22-13-11-21(12-14-22)15-17-5-7-18(8-6-17)20(23)24-2/h3-10H,11-15H2,1-2H3. The number of carbonyl (C=O) groups excluding carboxylic acids is 1. The van der Waals surface area contributed by atoms with E-state index in [9.17, 15) is 4.79 Å². The van der Waals surface area contributed by atoms with Gasteiger partial charge in [0.15, 0.2) is 0 Å². The van der Waals surface area contributed by atoms with Gasteiger partial charge in [-0.2, -0.15) is 0 Å². The molecule has 1 heterocycles. The summed E-state index contributed by atoms with van der Waals surface area (Å²) in [7, 11) is 1.41. The lowest BCUT2D eigenvalue weighted by atomic mass is 10.1. The van der Waals surface area contributed by atoms with Crippen molar-refractivity contribution >= 4 is 11.7 Å². The number of benzene rings is 2. The molecule has 1 aliphatic heterocycles. The van der Waals surface area contributed by atoms with Gasteiger partial charge in [0.2, 0.25) is 0 Å². The zero-order valence-electron chi connectivity index (χ0n) is 14.4. The van der Waals surface area contributed by atoms with E-state index >= 15 is 0 Å². The molecule has 4 heteroatoms. The van der Waals surface area contributed by atoms with Crippen LogP contribution in [0.4, 0.5) is 5.69 Å². The summed E-state index contributed by atoms with van der Waals surface area (Å²) in [4.78, 5) is 16.4. The molecule has 0 unspecified atom stereocenters. The maximum absolute atomic E-state index is 11.5. The van der Waals surface area contributed by atoms with Gasteiger partial charge in [0.1, 0.15) is 0 Å². The monoisotopic (exact) mass is 324 g/mol. The Labute approximate surface area is 143 Å². The quantitative estimate of drug-likeness (QED) is 0.809. The van der Waals surface area contributed by atoms with Gasteiger partial charge in [-0.05, 0) is 36.8 Å². The highest BCUT2D eigenvalue weighted by molar-refractivity contribution is 5.89. The van der Waals surface area contributed by atoms with Crippen LogP contribution in [0.15, 0.2) is 48.5 Å². The van der Waals surface area contributed by atoms with Gasteiger partial charge in [-0.1, -0.05) is 29.8 Å². The van der Waals surface area contributed by atoms with Crippen LogP contribution in [0.2, 0.25) is 0 Å². The van der Waals surface area contributed by atoms with Crippen molar-refractivity contribution in [3.63, 3.8) is 0 Å². The summed E-state index contributed by atoms with van der Waals surface area (Å²) in [5.41, 5.74) is 4.44. The molecule has 0 radical (unpaired) electrons. The van der Waals surface area contributed by atoms with Crippen molar-refractivity contribution in [2.45, 2.75) is 13.5 Å². The minimum Gasteiger partial charge on any atom is -0.465 e. The molecule has 126 valence electrons. The molecule has 0 aromatic heterocycles. The summed E-state index contributed by atoms with van der Waals surface area (Å²) in [6.07, 6.45) is 0. The van der Waals surface area contributed by atoms with E-state index in [2.05, 4.69) is 41.0 Å². The van der Waals surface area contributed by atoms with E-state index in [0.29, 0.717) is 5.56 Å². The van der Waals surface area contributed by atoms with Gasteiger partial charge in [-0.25, -0.2) is 4.79 Å². The van der Waals surface area contributed by atoms with Gasteiger partial charge < -0.3 is 9.64 Å². The summed E-state index contributed by atoms with van der Waals surface area (Å²) in [5.74, 6) is -0.284. The number of anilines is 1. The van der Waals surface area contributed by atoms with Gasteiger partial charge in [-0.3, -0.25) is 4.90 Å². The number of aryl methyl sites for hydroxylation is 1. The molecule has 1 aliphatic rings. The summed E-state index contributed by atoms with van der Waals surface area (Å²) in [6.45, 7) is 7.22. The largest absolute Gasteiger partial charge is 0.465 e. The summed E-state index contributed by atoms with van der Waals surface area (Å²) in [6, 6.07) is 16.5. The van der Waals surface area contributed by atoms with Crippen molar-refractivity contribution in [1.29, 1.82) is 0 Å². The molecule has 0 amide bonds. The molecule has 0 atom stereocenters. The highest BCUT2D eigenvalue weighted by atomic mass is 16.5. The second kappa shape index (κ2) is 7.49. The fourth-order valence-electron chi connectivity index (χ4n) is 3.04. The number of carbonyl (C=O) groups is 1. The maximum Gasteiger partial charge on any atom is 0.337 e. The van der Waals surface area contributed by atoms with E-state index in [-0.39, 0.29) is 5.97 Å². The Morgan fingerprint density at radius 1 is 0.958 bits per heavy atom. The molecule has 0 bridgehead atoms. The van der Waals surface area contributed by atoms with Crippen LogP contribution in [0.25, 0.3) is 0 Å². The van der Waals surface area contributed by atoms with E-state index in [1.54, 1.807) is 0 Å². The number of piperazine rings is 1. The Morgan fingerprint density at radius 3 is 2.17 bits per heavy atom. The first-order valence-corrected chi connectivity index (χ1v) is 8.37. The topological polar surface area (TPSA) is 32.8 Å². The molecule has 1 fully saturated rings. The first-order valence-electron chi connectivity index (χ1n) is 8.37. The number of methoxy groups -OCH3 is 1. The number of nitrogens with zero attached hydrogens (tertiary/aromatic N) is 2. The van der Waals surface area contributed by atoms with E-state index < -0.39 is 0 Å². The van der Waals surface area contributed by atoms with Crippen molar-refractivity contribution in [2.24, 2.45) is 0 Å². The van der Waals surface area contributed by atoms with Gasteiger partial charge >= 0.3 is 5.97 Å². The molecule has 1 saturated heterocycles. The van der Waals surface area contributed by atoms with Crippen LogP contribution in [0.1, 0.15) is 21.5 Å². The van der Waals surface area contributed by atoms with Crippen LogP contribution in [-0.4, -0.2) is 44.2 Å². The lowest BCUT2D eigenvalue weighted by Crippen LogP contribution is -2.45. The van der Waals surface area contributed by atoms with E-state index in [0.717, 1.165) is 32.7 Å². The minimum atomic E-state index is -0.284. The Morgan fingerprint density at radius 2 is 1.58 bits per heavy atom. The fourth-order valence-corrected chi connectivity index (χ4v) is 3.04. The summed E-state index contributed by atoms with van der Waals surface area (Å²) >= 11 is 0. The van der Waals surface area contributed by atoms with E-state index in [1.807, 2.05) is 24.3 Å². The van der Waals surface area contributed by atoms with Gasteiger partial charge in [-0.15, -0.1) is 0 Å². The minimum absolute atomic E-state index is 0.284. The Hall–Kier alpha value is -2.33. The van der Waals surface area contributed by atoms with Gasteiger partial charge in [0.05, 0.1) is 12.7 Å². The van der Waals surface area contributed by atoms with Crippen molar-refractivity contribution in [3.8, 4) is 0 Å². The van der Waals surface area contributed by atoms with Crippen LogP contribution in [0.3, 0.4) is 0 Å². The fraction of sp³-hybridized carbons (Fsp3) is 0.350. The van der Waals surface area contributed by atoms with Crippen LogP contribution in [0, 0.1) is 6.92 Å². The first kappa shape index (κ1) is 16.5. The molecule has 4 nitrogen and oxygen atoms in total. The average molecular weight is 324 g/mol. The third kappa shape index (κ3) is 3.95. The van der Waals surface area contributed by atoms with Crippen molar-refractivity contribution in [1.82, 2.24) is 4.90 Å². The van der Waals surface area contributed by atoms with Crippen molar-refractivity contribution < 1.29 is 9.53 Å². The average Bonchev–Trinajstić information content (AvgIpc) is 2.63. The smallest absolute Gasteiger partial charge is 0.337 e. The third-order valence-corrected chi connectivity index (χ3v) is 4.55. The zero-order valence-corrected chi connectivity index (χ0v) is 14.4.